The first-order chi connectivity index (χ1) is 12.6. The predicted octanol–water partition coefficient (Wildman–Crippen LogP) is 3.95. The number of nitro groups is 1. The van der Waals surface area contributed by atoms with Crippen LogP contribution in [0.5, 0.6) is 0 Å². The first-order valence-corrected chi connectivity index (χ1v) is 10.3. The minimum atomic E-state index is -0.415. The van der Waals surface area contributed by atoms with Crippen LogP contribution in [0.2, 0.25) is 0 Å². The van der Waals surface area contributed by atoms with Crippen LogP contribution in [-0.2, 0) is 4.79 Å². The number of thiocarbonyl (C=S) groups is 1. The number of hydrogen-bond acceptors (Lipinski definition) is 6. The molecule has 1 N–H and O–H groups in total. The zero-order valence-electron chi connectivity index (χ0n) is 15.5. The van der Waals surface area contributed by atoms with Crippen LogP contribution in [-0.4, -0.2) is 45.8 Å². The Morgan fingerprint density at radius 1 is 1.27 bits per heavy atom. The summed E-state index contributed by atoms with van der Waals surface area (Å²) in [5.41, 5.74) is 0.954. The van der Waals surface area contributed by atoms with Crippen molar-refractivity contribution in [2.45, 2.75) is 44.4 Å². The van der Waals surface area contributed by atoms with E-state index < -0.39 is 4.92 Å². The third kappa shape index (κ3) is 6.03. The largest absolute Gasteiger partial charge is 0.358 e. The van der Waals surface area contributed by atoms with E-state index in [0.29, 0.717) is 0 Å². The number of nitrogens with zero attached hydrogens (tertiary/aromatic N) is 2. The monoisotopic (exact) mass is 397 g/mol. The van der Waals surface area contributed by atoms with Crippen LogP contribution in [0.15, 0.2) is 24.3 Å². The summed E-state index contributed by atoms with van der Waals surface area (Å²) in [7, 11) is 1.61. The number of likely N-dealkylation sites (tertiary alicyclic amines) is 1. The molecule has 1 saturated heterocycles. The van der Waals surface area contributed by atoms with Crippen LogP contribution < -0.4 is 5.32 Å². The molecule has 0 aliphatic carbocycles. The number of rotatable bonds is 7. The normalized spacial score (nSPS) is 16.6. The average Bonchev–Trinajstić information content (AvgIpc) is 2.69. The zero-order valence-corrected chi connectivity index (χ0v) is 17.1. The second-order valence-electron chi connectivity index (χ2n) is 5.66. The van der Waals surface area contributed by atoms with Crippen molar-refractivity contribution < 1.29 is 9.72 Å². The van der Waals surface area contributed by atoms with E-state index in [1.807, 2.05) is 13.8 Å². The minimum Gasteiger partial charge on any atom is -0.358 e. The summed E-state index contributed by atoms with van der Waals surface area (Å²) in [4.78, 5) is 25.2. The molecule has 6 nitrogen and oxygen atoms in total. The van der Waals surface area contributed by atoms with Gasteiger partial charge in [0.2, 0.25) is 5.91 Å². The Morgan fingerprint density at radius 3 is 2.31 bits per heavy atom. The molecule has 0 spiro atoms. The molecule has 1 aromatic carbocycles. The Hall–Kier alpha value is -1.51. The summed E-state index contributed by atoms with van der Waals surface area (Å²) in [6, 6.07) is 6.33. The molecule has 8 heteroatoms. The summed E-state index contributed by atoms with van der Waals surface area (Å²) >= 11 is 6.29. The zero-order chi connectivity index (χ0) is 19.5. The molecular formula is C18H27N3O3S2. The Morgan fingerprint density at radius 2 is 1.85 bits per heavy atom. The number of nitro benzene ring substituents is 1. The molecule has 0 radical (unpaired) electrons. The number of piperidine rings is 1. The second-order valence-corrected chi connectivity index (χ2v) is 7.21. The first kappa shape index (κ1) is 22.5. The molecule has 1 amide bonds. The van der Waals surface area contributed by atoms with Crippen molar-refractivity contribution in [3.8, 4) is 0 Å². The van der Waals surface area contributed by atoms with Gasteiger partial charge in [-0.25, -0.2) is 0 Å². The summed E-state index contributed by atoms with van der Waals surface area (Å²) in [5.74, 6) is -0.0879. The third-order valence-electron chi connectivity index (χ3n) is 4.22. The Kier molecular flexibility index (Phi) is 10.4. The number of hydrogen-bond donors (Lipinski definition) is 1. The second kappa shape index (κ2) is 12.0. The maximum Gasteiger partial charge on any atom is 0.269 e. The predicted molar refractivity (Wildman–Crippen MR) is 112 cm³/mol. The van der Waals surface area contributed by atoms with Gasteiger partial charge in [0.25, 0.3) is 5.69 Å². The van der Waals surface area contributed by atoms with Crippen molar-refractivity contribution in [2.75, 3.05) is 20.1 Å². The van der Waals surface area contributed by atoms with Crippen molar-refractivity contribution >= 4 is 40.3 Å². The molecule has 2 rings (SSSR count). The molecule has 0 aromatic heterocycles. The number of carbonyl (C=O) groups is 1. The highest BCUT2D eigenvalue weighted by Crippen LogP contribution is 2.34. The smallest absolute Gasteiger partial charge is 0.269 e. The highest BCUT2D eigenvalue weighted by molar-refractivity contribution is 8.21. The highest BCUT2D eigenvalue weighted by Gasteiger charge is 2.34. The van der Waals surface area contributed by atoms with Gasteiger partial charge in [-0.2, -0.15) is 0 Å². The molecule has 1 aromatic rings. The van der Waals surface area contributed by atoms with Crippen LogP contribution in [0.3, 0.4) is 0 Å². The van der Waals surface area contributed by atoms with E-state index >= 15 is 0 Å². The number of non-ortho nitro benzene ring substituents is 1. The Bertz CT molecular complexity index is 590. The van der Waals surface area contributed by atoms with Crippen LogP contribution in [0.25, 0.3) is 0 Å². The van der Waals surface area contributed by atoms with Crippen molar-refractivity contribution in [1.82, 2.24) is 10.2 Å². The number of amides is 1. The first-order valence-electron chi connectivity index (χ1n) is 8.87. The fourth-order valence-corrected chi connectivity index (χ4v) is 4.25. The van der Waals surface area contributed by atoms with Crippen LogP contribution >= 0.6 is 24.0 Å². The van der Waals surface area contributed by atoms with E-state index in [1.54, 1.807) is 19.2 Å². The van der Waals surface area contributed by atoms with Gasteiger partial charge in [0, 0.05) is 23.9 Å². The van der Waals surface area contributed by atoms with E-state index in [-0.39, 0.29) is 22.9 Å². The van der Waals surface area contributed by atoms with E-state index in [1.165, 1.54) is 35.0 Å². The molecule has 0 bridgehead atoms. The fraction of sp³-hybridized carbons (Fsp3) is 0.556. The number of carbonyl (C=O) groups excluding carboxylic acids is 1. The van der Waals surface area contributed by atoms with Gasteiger partial charge in [-0.15, -0.1) is 11.8 Å². The summed E-state index contributed by atoms with van der Waals surface area (Å²) in [5, 5.41) is 13.2. The lowest BCUT2D eigenvalue weighted by atomic mass is 9.98. The SMILES string of the molecule is CC.CNC(=O)C(SC=S)C(c1ccc([N+](=O)[O-])cc1)N1CCCCC1. The van der Waals surface area contributed by atoms with E-state index in [0.717, 1.165) is 31.5 Å². The molecule has 0 saturated carbocycles. The summed E-state index contributed by atoms with van der Waals surface area (Å²) < 4.78 is 1.52. The lowest BCUT2D eigenvalue weighted by molar-refractivity contribution is -0.384. The summed E-state index contributed by atoms with van der Waals surface area (Å²) in [6.45, 7) is 5.82. The van der Waals surface area contributed by atoms with Crippen LogP contribution in [0.1, 0.15) is 44.7 Å². The molecule has 2 unspecified atom stereocenters. The topological polar surface area (TPSA) is 75.5 Å². The summed E-state index contributed by atoms with van der Waals surface area (Å²) in [6.07, 6.45) is 3.37. The van der Waals surface area contributed by atoms with Gasteiger partial charge in [0.15, 0.2) is 0 Å². The van der Waals surface area contributed by atoms with E-state index in [2.05, 4.69) is 10.2 Å². The van der Waals surface area contributed by atoms with Gasteiger partial charge in [-0.05, 0) is 31.5 Å². The molecular weight excluding hydrogens is 370 g/mol. The van der Waals surface area contributed by atoms with Gasteiger partial charge in [-0.3, -0.25) is 19.8 Å². The quantitative estimate of drug-likeness (QED) is 0.426. The lowest BCUT2D eigenvalue weighted by Crippen LogP contribution is -2.44. The fourth-order valence-electron chi connectivity index (χ4n) is 3.05. The minimum absolute atomic E-state index is 0.0510. The van der Waals surface area contributed by atoms with Crippen molar-refractivity contribution in [3.05, 3.63) is 39.9 Å². The molecule has 144 valence electrons. The Balaban J connectivity index is 0.00000163. The lowest BCUT2D eigenvalue weighted by Gasteiger charge is -2.38. The van der Waals surface area contributed by atoms with Gasteiger partial charge in [-0.1, -0.05) is 44.6 Å². The van der Waals surface area contributed by atoms with Gasteiger partial charge in [0.1, 0.15) is 5.25 Å². The van der Waals surface area contributed by atoms with Crippen LogP contribution in [0.4, 0.5) is 5.69 Å². The van der Waals surface area contributed by atoms with Gasteiger partial charge < -0.3 is 5.32 Å². The van der Waals surface area contributed by atoms with Gasteiger partial charge >= 0.3 is 0 Å². The number of nitrogens with one attached hydrogen (secondary N) is 1. The van der Waals surface area contributed by atoms with Crippen LogP contribution in [0, 0.1) is 10.1 Å². The van der Waals surface area contributed by atoms with E-state index in [4.69, 9.17) is 12.2 Å². The molecule has 26 heavy (non-hydrogen) atoms. The maximum atomic E-state index is 12.4. The molecule has 1 fully saturated rings. The number of benzene rings is 1. The molecule has 2 atom stereocenters. The molecule has 1 aliphatic heterocycles. The highest BCUT2D eigenvalue weighted by atomic mass is 32.2. The van der Waals surface area contributed by atoms with Crippen molar-refractivity contribution in [2.24, 2.45) is 0 Å². The standard InChI is InChI=1S/C16H21N3O3S2.C2H6/c1-17-16(20)15(24-11-23)14(18-9-3-2-4-10-18)12-5-7-13(8-6-12)19(21)22;1-2/h5-8,11,14-15H,2-4,9-10H2,1H3,(H,17,20);1-2H3. The Labute approximate surface area is 164 Å². The molecule has 1 heterocycles. The van der Waals surface area contributed by atoms with Gasteiger partial charge in [0.05, 0.1) is 11.0 Å². The average molecular weight is 398 g/mol. The van der Waals surface area contributed by atoms with Crippen molar-refractivity contribution in [3.63, 3.8) is 0 Å². The number of thioether (sulfide) groups is 1. The third-order valence-corrected chi connectivity index (χ3v) is 5.43. The molecule has 1 aliphatic rings. The van der Waals surface area contributed by atoms with E-state index in [9.17, 15) is 14.9 Å². The van der Waals surface area contributed by atoms with Crippen molar-refractivity contribution in [1.29, 1.82) is 0 Å². The maximum absolute atomic E-state index is 12.4.